The maximum Gasteiger partial charge on any atom is 0.142 e. The highest BCUT2D eigenvalue weighted by atomic mass is 35.5. The van der Waals surface area contributed by atoms with E-state index in [1.165, 1.54) is 6.07 Å². The molecule has 0 saturated heterocycles. The molecule has 0 saturated carbocycles. The number of hydrogen-bond acceptors (Lipinski definition) is 0. The molecular weight excluding hydrogens is 193 g/mol. The summed E-state index contributed by atoms with van der Waals surface area (Å²) in [7, 11) is 0. The number of benzene rings is 1. The maximum atomic E-state index is 12.6. The lowest BCUT2D eigenvalue weighted by molar-refractivity contribution is 0.482. The standard InChI is InChI=1S/C7H4Cl2F2/c8-5-2-6(9)7(11)1-4(5)3-10/h1-2H,3H2. The topological polar surface area (TPSA) is 0 Å². The van der Waals surface area contributed by atoms with Gasteiger partial charge in [0.2, 0.25) is 0 Å². The Balaban J connectivity index is 3.21. The predicted molar refractivity (Wildman–Crippen MR) is 41.2 cm³/mol. The molecule has 0 aliphatic carbocycles. The van der Waals surface area contributed by atoms with Crippen molar-refractivity contribution in [3.63, 3.8) is 0 Å². The van der Waals surface area contributed by atoms with Crippen LogP contribution in [-0.2, 0) is 6.67 Å². The van der Waals surface area contributed by atoms with Gasteiger partial charge in [-0.2, -0.15) is 0 Å². The Morgan fingerprint density at radius 2 is 1.82 bits per heavy atom. The predicted octanol–water partition coefficient (Wildman–Crippen LogP) is 3.60. The largest absolute Gasteiger partial charge is 0.246 e. The van der Waals surface area contributed by atoms with E-state index in [1.54, 1.807) is 0 Å². The van der Waals surface area contributed by atoms with E-state index in [0.29, 0.717) is 0 Å². The van der Waals surface area contributed by atoms with Gasteiger partial charge in [-0.05, 0) is 12.1 Å². The number of rotatable bonds is 1. The molecular formula is C7H4Cl2F2. The third kappa shape index (κ3) is 1.82. The fourth-order valence-corrected chi connectivity index (χ4v) is 1.10. The molecule has 1 aromatic rings. The van der Waals surface area contributed by atoms with E-state index < -0.39 is 12.5 Å². The summed E-state index contributed by atoms with van der Waals surface area (Å²) < 4.78 is 24.6. The first-order valence-electron chi connectivity index (χ1n) is 2.84. The van der Waals surface area contributed by atoms with Crippen molar-refractivity contribution in [3.8, 4) is 0 Å². The number of alkyl halides is 1. The molecule has 0 fully saturated rings. The third-order valence-electron chi connectivity index (χ3n) is 1.23. The van der Waals surface area contributed by atoms with Crippen LogP contribution in [0.1, 0.15) is 5.56 Å². The van der Waals surface area contributed by atoms with Gasteiger partial charge in [0.05, 0.1) is 5.02 Å². The van der Waals surface area contributed by atoms with Crippen LogP contribution in [0.5, 0.6) is 0 Å². The van der Waals surface area contributed by atoms with E-state index in [9.17, 15) is 8.78 Å². The zero-order chi connectivity index (χ0) is 8.43. The maximum absolute atomic E-state index is 12.6. The zero-order valence-electron chi connectivity index (χ0n) is 5.37. The van der Waals surface area contributed by atoms with Crippen molar-refractivity contribution in [2.45, 2.75) is 6.67 Å². The van der Waals surface area contributed by atoms with Crippen molar-refractivity contribution in [1.82, 2.24) is 0 Å². The minimum Gasteiger partial charge on any atom is -0.246 e. The molecule has 0 aromatic heterocycles. The second-order valence-corrected chi connectivity index (χ2v) is 2.81. The van der Waals surface area contributed by atoms with Crippen LogP contribution < -0.4 is 0 Å². The van der Waals surface area contributed by atoms with Gasteiger partial charge >= 0.3 is 0 Å². The average molecular weight is 197 g/mol. The summed E-state index contributed by atoms with van der Waals surface area (Å²) in [6.07, 6.45) is 0. The quantitative estimate of drug-likeness (QED) is 0.603. The summed E-state index contributed by atoms with van der Waals surface area (Å²) in [6, 6.07) is 2.18. The monoisotopic (exact) mass is 196 g/mol. The van der Waals surface area contributed by atoms with E-state index >= 15 is 0 Å². The molecule has 11 heavy (non-hydrogen) atoms. The van der Waals surface area contributed by atoms with Crippen LogP contribution >= 0.6 is 23.2 Å². The van der Waals surface area contributed by atoms with Crippen LogP contribution in [-0.4, -0.2) is 0 Å². The highest BCUT2D eigenvalue weighted by Gasteiger charge is 2.05. The molecule has 0 atom stereocenters. The first-order chi connectivity index (χ1) is 5.15. The molecule has 0 N–H and O–H groups in total. The molecule has 0 bridgehead atoms. The number of halogens is 4. The Hall–Kier alpha value is -0.340. The highest BCUT2D eigenvalue weighted by molar-refractivity contribution is 6.35. The van der Waals surface area contributed by atoms with Crippen LogP contribution in [0, 0.1) is 5.82 Å². The molecule has 0 spiro atoms. The van der Waals surface area contributed by atoms with Crippen LogP contribution in [0.2, 0.25) is 10.0 Å². The van der Waals surface area contributed by atoms with Gasteiger partial charge < -0.3 is 0 Å². The summed E-state index contributed by atoms with van der Waals surface area (Å²) in [5.74, 6) is -0.649. The Kier molecular flexibility index (Phi) is 2.68. The van der Waals surface area contributed by atoms with Crippen molar-refractivity contribution < 1.29 is 8.78 Å². The lowest BCUT2D eigenvalue weighted by Crippen LogP contribution is -1.84. The SMILES string of the molecule is FCc1cc(F)c(Cl)cc1Cl. The first kappa shape index (κ1) is 8.75. The molecule has 0 aliphatic heterocycles. The van der Waals surface area contributed by atoms with Crippen LogP contribution in [0.3, 0.4) is 0 Å². The van der Waals surface area contributed by atoms with Crippen LogP contribution in [0.25, 0.3) is 0 Å². The van der Waals surface area contributed by atoms with Crippen LogP contribution in [0.4, 0.5) is 8.78 Å². The van der Waals surface area contributed by atoms with Crippen molar-refractivity contribution >= 4 is 23.2 Å². The molecule has 0 radical (unpaired) electrons. The summed E-state index contributed by atoms with van der Waals surface area (Å²) in [5.41, 5.74) is 0.119. The van der Waals surface area contributed by atoms with Crippen LogP contribution in [0.15, 0.2) is 12.1 Å². The van der Waals surface area contributed by atoms with E-state index in [4.69, 9.17) is 23.2 Å². The lowest BCUT2D eigenvalue weighted by Gasteiger charge is -1.99. The van der Waals surface area contributed by atoms with Gasteiger partial charge in [0.1, 0.15) is 12.5 Å². The minimum atomic E-state index is -0.785. The smallest absolute Gasteiger partial charge is 0.142 e. The summed E-state index contributed by atoms with van der Waals surface area (Å²) in [4.78, 5) is 0. The zero-order valence-corrected chi connectivity index (χ0v) is 6.89. The van der Waals surface area contributed by atoms with Gasteiger partial charge in [0.15, 0.2) is 0 Å². The van der Waals surface area contributed by atoms with E-state index in [-0.39, 0.29) is 15.6 Å². The Bertz CT molecular complexity index is 273. The average Bonchev–Trinajstić information content (AvgIpc) is 1.97. The molecule has 60 valence electrons. The normalized spacial score (nSPS) is 10.2. The summed E-state index contributed by atoms with van der Waals surface area (Å²) in [5, 5.41) is 0.0612. The van der Waals surface area contributed by atoms with Crippen molar-refractivity contribution in [2.75, 3.05) is 0 Å². The van der Waals surface area contributed by atoms with Crippen molar-refractivity contribution in [1.29, 1.82) is 0 Å². The van der Waals surface area contributed by atoms with Gasteiger partial charge in [-0.25, -0.2) is 8.78 Å². The molecule has 1 rings (SSSR count). The van der Waals surface area contributed by atoms with Gasteiger partial charge in [0.25, 0.3) is 0 Å². The summed E-state index contributed by atoms with van der Waals surface area (Å²) in [6.45, 7) is -0.785. The van der Waals surface area contributed by atoms with E-state index in [1.807, 2.05) is 0 Å². The third-order valence-corrected chi connectivity index (χ3v) is 1.87. The van der Waals surface area contributed by atoms with Gasteiger partial charge in [-0.3, -0.25) is 0 Å². The van der Waals surface area contributed by atoms with Gasteiger partial charge in [0, 0.05) is 10.6 Å². The van der Waals surface area contributed by atoms with Crippen molar-refractivity contribution in [3.05, 3.63) is 33.6 Å². The first-order valence-corrected chi connectivity index (χ1v) is 3.60. The minimum absolute atomic E-state index is 0.0906. The molecule has 0 heterocycles. The Labute approximate surface area is 72.7 Å². The Morgan fingerprint density at radius 3 is 2.36 bits per heavy atom. The molecule has 0 unspecified atom stereocenters. The highest BCUT2D eigenvalue weighted by Crippen LogP contribution is 2.24. The molecule has 0 amide bonds. The second-order valence-electron chi connectivity index (χ2n) is 1.99. The lowest BCUT2D eigenvalue weighted by atomic mass is 10.2. The Morgan fingerprint density at radius 1 is 1.18 bits per heavy atom. The van der Waals surface area contributed by atoms with E-state index in [0.717, 1.165) is 6.07 Å². The fourth-order valence-electron chi connectivity index (χ4n) is 0.666. The number of hydrogen-bond donors (Lipinski definition) is 0. The molecule has 0 aliphatic rings. The second kappa shape index (κ2) is 3.37. The fraction of sp³-hybridized carbons (Fsp3) is 0.143. The van der Waals surface area contributed by atoms with Gasteiger partial charge in [-0.15, -0.1) is 0 Å². The molecule has 1 aromatic carbocycles. The van der Waals surface area contributed by atoms with Gasteiger partial charge in [-0.1, -0.05) is 23.2 Å². The summed E-state index contributed by atoms with van der Waals surface area (Å²) >= 11 is 10.9. The molecule has 4 heteroatoms. The van der Waals surface area contributed by atoms with Crippen molar-refractivity contribution in [2.24, 2.45) is 0 Å². The van der Waals surface area contributed by atoms with E-state index in [2.05, 4.69) is 0 Å². The molecule has 0 nitrogen and oxygen atoms in total.